The molecule has 0 saturated carbocycles. The van der Waals surface area contributed by atoms with Gasteiger partial charge in [0.2, 0.25) is 5.13 Å². The molecule has 3 nitrogen and oxygen atoms in total. The highest BCUT2D eigenvalue weighted by Gasteiger charge is 2.09. The van der Waals surface area contributed by atoms with Crippen molar-refractivity contribution in [3.63, 3.8) is 0 Å². The molecular formula is C12H14FN3S. The number of nitrogens with zero attached hydrogens (tertiary/aromatic N) is 2. The van der Waals surface area contributed by atoms with Gasteiger partial charge in [-0.1, -0.05) is 23.5 Å². The topological polar surface area (TPSA) is 37.8 Å². The minimum absolute atomic E-state index is 0.0115. The van der Waals surface area contributed by atoms with Crippen LogP contribution >= 0.6 is 11.3 Å². The molecule has 0 saturated heterocycles. The lowest BCUT2D eigenvalue weighted by molar-refractivity contribution is 0.614. The van der Waals surface area contributed by atoms with Crippen LogP contribution in [-0.2, 0) is 0 Å². The van der Waals surface area contributed by atoms with E-state index in [1.807, 2.05) is 19.9 Å². The standard InChI is InChI=1S/C12H14FN3S/c1-7-4-5-10(6-11(7)13)8(2)14-12-16-15-9(3)17-12/h4-6,8H,1-3H3,(H,14,16). The minimum atomic E-state index is -0.176. The molecule has 0 radical (unpaired) electrons. The van der Waals surface area contributed by atoms with E-state index in [2.05, 4.69) is 15.5 Å². The molecule has 17 heavy (non-hydrogen) atoms. The number of nitrogens with one attached hydrogen (secondary N) is 1. The highest BCUT2D eigenvalue weighted by molar-refractivity contribution is 7.15. The number of benzene rings is 1. The minimum Gasteiger partial charge on any atom is -0.354 e. The van der Waals surface area contributed by atoms with Gasteiger partial charge in [-0.25, -0.2) is 4.39 Å². The fourth-order valence-electron chi connectivity index (χ4n) is 1.50. The molecular weight excluding hydrogens is 237 g/mol. The van der Waals surface area contributed by atoms with Gasteiger partial charge in [-0.05, 0) is 38.0 Å². The van der Waals surface area contributed by atoms with Gasteiger partial charge in [0.25, 0.3) is 0 Å². The third kappa shape index (κ3) is 2.79. The Morgan fingerprint density at radius 2 is 2.06 bits per heavy atom. The summed E-state index contributed by atoms with van der Waals surface area (Å²) in [7, 11) is 0. The molecule has 0 aliphatic rings. The van der Waals surface area contributed by atoms with Crippen LogP contribution in [0.15, 0.2) is 18.2 Å². The molecule has 0 aliphatic carbocycles. The van der Waals surface area contributed by atoms with Crippen LogP contribution in [0.5, 0.6) is 0 Å². The van der Waals surface area contributed by atoms with Crippen molar-refractivity contribution in [3.8, 4) is 0 Å². The molecule has 0 aliphatic heterocycles. The maximum Gasteiger partial charge on any atom is 0.206 e. The van der Waals surface area contributed by atoms with Crippen molar-refractivity contribution in [3.05, 3.63) is 40.2 Å². The number of rotatable bonds is 3. The smallest absolute Gasteiger partial charge is 0.206 e. The van der Waals surface area contributed by atoms with Crippen LogP contribution in [-0.4, -0.2) is 10.2 Å². The Labute approximate surface area is 104 Å². The molecule has 2 rings (SSSR count). The average molecular weight is 251 g/mol. The molecule has 5 heteroatoms. The summed E-state index contributed by atoms with van der Waals surface area (Å²) in [4.78, 5) is 0. The Kier molecular flexibility index (Phi) is 3.38. The van der Waals surface area contributed by atoms with E-state index in [-0.39, 0.29) is 11.9 Å². The zero-order chi connectivity index (χ0) is 12.4. The van der Waals surface area contributed by atoms with Crippen LogP contribution in [0.4, 0.5) is 9.52 Å². The van der Waals surface area contributed by atoms with E-state index in [1.165, 1.54) is 11.3 Å². The molecule has 90 valence electrons. The van der Waals surface area contributed by atoms with Gasteiger partial charge in [-0.3, -0.25) is 0 Å². The monoisotopic (exact) mass is 251 g/mol. The van der Waals surface area contributed by atoms with Crippen molar-refractivity contribution in [1.82, 2.24) is 10.2 Å². The summed E-state index contributed by atoms with van der Waals surface area (Å²) >= 11 is 1.49. The van der Waals surface area contributed by atoms with Crippen LogP contribution in [0, 0.1) is 19.7 Å². The predicted octanol–water partition coefficient (Wildman–Crippen LogP) is 3.47. The van der Waals surface area contributed by atoms with Gasteiger partial charge in [0.1, 0.15) is 10.8 Å². The van der Waals surface area contributed by atoms with E-state index in [1.54, 1.807) is 19.1 Å². The van der Waals surface area contributed by atoms with Crippen LogP contribution in [0.1, 0.15) is 29.1 Å². The van der Waals surface area contributed by atoms with Crippen LogP contribution in [0.3, 0.4) is 0 Å². The van der Waals surface area contributed by atoms with Gasteiger partial charge in [-0.15, -0.1) is 10.2 Å². The highest BCUT2D eigenvalue weighted by Crippen LogP contribution is 2.23. The van der Waals surface area contributed by atoms with Crippen molar-refractivity contribution in [2.24, 2.45) is 0 Å². The third-order valence-electron chi connectivity index (χ3n) is 2.56. The molecule has 1 heterocycles. The highest BCUT2D eigenvalue weighted by atomic mass is 32.1. The quantitative estimate of drug-likeness (QED) is 0.907. The van der Waals surface area contributed by atoms with E-state index in [0.717, 1.165) is 15.7 Å². The number of hydrogen-bond acceptors (Lipinski definition) is 4. The van der Waals surface area contributed by atoms with Gasteiger partial charge in [-0.2, -0.15) is 0 Å². The molecule has 1 aromatic carbocycles. The van der Waals surface area contributed by atoms with Crippen LogP contribution < -0.4 is 5.32 Å². The normalized spacial score (nSPS) is 12.5. The Hall–Kier alpha value is -1.49. The SMILES string of the molecule is Cc1nnc(NC(C)c2ccc(C)c(F)c2)s1. The Bertz CT molecular complexity index is 524. The lowest BCUT2D eigenvalue weighted by atomic mass is 10.1. The number of halogens is 1. The summed E-state index contributed by atoms with van der Waals surface area (Å²) < 4.78 is 13.4. The first-order valence-corrected chi connectivity index (χ1v) is 6.20. The first kappa shape index (κ1) is 12.0. The fraction of sp³-hybridized carbons (Fsp3) is 0.333. The molecule has 1 aromatic heterocycles. The molecule has 0 fully saturated rings. The van der Waals surface area contributed by atoms with Crippen LogP contribution in [0.2, 0.25) is 0 Å². The number of aromatic nitrogens is 2. The Balaban J connectivity index is 2.14. The van der Waals surface area contributed by atoms with Crippen molar-refractivity contribution >= 4 is 16.5 Å². The first-order valence-electron chi connectivity index (χ1n) is 5.39. The third-order valence-corrected chi connectivity index (χ3v) is 3.33. The van der Waals surface area contributed by atoms with Gasteiger partial charge in [0.05, 0.1) is 6.04 Å². The Morgan fingerprint density at radius 1 is 1.29 bits per heavy atom. The second-order valence-corrected chi connectivity index (χ2v) is 5.18. The molecule has 1 N–H and O–H groups in total. The zero-order valence-electron chi connectivity index (χ0n) is 9.99. The lowest BCUT2D eigenvalue weighted by Crippen LogP contribution is -2.06. The van der Waals surface area contributed by atoms with Gasteiger partial charge in [0, 0.05) is 0 Å². The second kappa shape index (κ2) is 4.79. The molecule has 1 atom stereocenters. The van der Waals surface area contributed by atoms with Gasteiger partial charge >= 0.3 is 0 Å². The molecule has 1 unspecified atom stereocenters. The summed E-state index contributed by atoms with van der Waals surface area (Å²) in [6.07, 6.45) is 0. The van der Waals surface area contributed by atoms with Gasteiger partial charge in [0.15, 0.2) is 0 Å². The van der Waals surface area contributed by atoms with E-state index < -0.39 is 0 Å². The van der Waals surface area contributed by atoms with E-state index in [4.69, 9.17) is 0 Å². The maximum absolute atomic E-state index is 13.4. The summed E-state index contributed by atoms with van der Waals surface area (Å²) in [5.41, 5.74) is 1.56. The zero-order valence-corrected chi connectivity index (χ0v) is 10.8. The van der Waals surface area contributed by atoms with Crippen molar-refractivity contribution in [2.45, 2.75) is 26.8 Å². The molecule has 2 aromatic rings. The van der Waals surface area contributed by atoms with Gasteiger partial charge < -0.3 is 5.32 Å². The second-order valence-electron chi connectivity index (χ2n) is 4.00. The summed E-state index contributed by atoms with van der Waals surface area (Å²) in [5, 5.41) is 12.8. The summed E-state index contributed by atoms with van der Waals surface area (Å²) in [6.45, 7) is 5.63. The maximum atomic E-state index is 13.4. The van der Waals surface area contributed by atoms with E-state index >= 15 is 0 Å². The molecule has 0 bridgehead atoms. The predicted molar refractivity (Wildman–Crippen MR) is 67.8 cm³/mol. The Morgan fingerprint density at radius 3 is 2.65 bits per heavy atom. The lowest BCUT2D eigenvalue weighted by Gasteiger charge is -2.13. The van der Waals surface area contributed by atoms with Crippen molar-refractivity contribution in [1.29, 1.82) is 0 Å². The average Bonchev–Trinajstić information content (AvgIpc) is 2.68. The van der Waals surface area contributed by atoms with Crippen LogP contribution in [0.25, 0.3) is 0 Å². The van der Waals surface area contributed by atoms with Crippen molar-refractivity contribution in [2.75, 3.05) is 5.32 Å². The number of hydrogen-bond donors (Lipinski definition) is 1. The molecule has 0 amide bonds. The van der Waals surface area contributed by atoms with Crippen molar-refractivity contribution < 1.29 is 4.39 Å². The summed E-state index contributed by atoms with van der Waals surface area (Å²) in [6, 6.07) is 5.27. The number of aryl methyl sites for hydroxylation is 2. The first-order chi connectivity index (χ1) is 8.06. The summed E-state index contributed by atoms with van der Waals surface area (Å²) in [5.74, 6) is -0.176. The molecule has 0 spiro atoms. The largest absolute Gasteiger partial charge is 0.354 e. The van der Waals surface area contributed by atoms with E-state index in [9.17, 15) is 4.39 Å². The fourth-order valence-corrected chi connectivity index (χ4v) is 2.18. The van der Waals surface area contributed by atoms with E-state index in [0.29, 0.717) is 5.56 Å². The number of anilines is 1.